The number of anilines is 1. The van der Waals surface area contributed by atoms with Crippen molar-refractivity contribution in [1.29, 1.82) is 0 Å². The molecule has 1 atom stereocenters. The van der Waals surface area contributed by atoms with Crippen LogP contribution < -0.4 is 4.90 Å². The number of rotatable bonds is 2. The highest BCUT2D eigenvalue weighted by atomic mass is 79.9. The number of hydrogen-bond donors (Lipinski definition) is 0. The molecular formula is C13H17BrN2O2. The fourth-order valence-corrected chi connectivity index (χ4v) is 2.60. The van der Waals surface area contributed by atoms with Gasteiger partial charge in [0.15, 0.2) is 6.23 Å². The van der Waals surface area contributed by atoms with E-state index in [9.17, 15) is 4.79 Å². The van der Waals surface area contributed by atoms with Gasteiger partial charge < -0.3 is 4.74 Å². The van der Waals surface area contributed by atoms with Gasteiger partial charge in [-0.05, 0) is 48.0 Å². The van der Waals surface area contributed by atoms with Crippen LogP contribution in [0.2, 0.25) is 0 Å². The van der Waals surface area contributed by atoms with Crippen molar-refractivity contribution in [3.63, 3.8) is 0 Å². The monoisotopic (exact) mass is 312 g/mol. The third-order valence-electron chi connectivity index (χ3n) is 3.18. The molecule has 0 N–H and O–H groups in total. The number of para-hydroxylation sites is 1. The summed E-state index contributed by atoms with van der Waals surface area (Å²) in [5.74, 6) is 0. The highest BCUT2D eigenvalue weighted by Gasteiger charge is 2.26. The van der Waals surface area contributed by atoms with Gasteiger partial charge in [-0.25, -0.2) is 4.79 Å². The number of amides is 1. The summed E-state index contributed by atoms with van der Waals surface area (Å²) in [6, 6.07) is 7.59. The van der Waals surface area contributed by atoms with Crippen LogP contribution in [0, 0.1) is 0 Å². The van der Waals surface area contributed by atoms with Crippen molar-refractivity contribution in [2.45, 2.75) is 19.1 Å². The lowest BCUT2D eigenvalue weighted by molar-refractivity contribution is 0.0315. The molecule has 1 heterocycles. The summed E-state index contributed by atoms with van der Waals surface area (Å²) < 4.78 is 6.37. The Morgan fingerprint density at radius 2 is 2.22 bits per heavy atom. The molecule has 0 aromatic heterocycles. The Morgan fingerprint density at radius 1 is 1.50 bits per heavy atom. The molecule has 1 fully saturated rings. The number of likely N-dealkylation sites (tertiary alicyclic amines) is 1. The number of carbonyl (C=O) groups excluding carboxylic acids is 1. The molecule has 0 aliphatic carbocycles. The molecule has 1 aromatic rings. The quantitative estimate of drug-likeness (QED) is 0.841. The van der Waals surface area contributed by atoms with Gasteiger partial charge in [-0.2, -0.15) is 0 Å². The first kappa shape index (κ1) is 13.4. The van der Waals surface area contributed by atoms with Gasteiger partial charge in [0.25, 0.3) is 0 Å². The molecule has 0 bridgehead atoms. The predicted molar refractivity (Wildman–Crippen MR) is 74.7 cm³/mol. The van der Waals surface area contributed by atoms with Crippen molar-refractivity contribution >= 4 is 27.7 Å². The molecule has 1 aliphatic heterocycles. The summed E-state index contributed by atoms with van der Waals surface area (Å²) in [6.07, 6.45) is 1.57. The zero-order valence-electron chi connectivity index (χ0n) is 10.6. The van der Waals surface area contributed by atoms with Crippen LogP contribution in [0.1, 0.15) is 12.8 Å². The minimum Gasteiger partial charge on any atom is -0.430 e. The van der Waals surface area contributed by atoms with Crippen LogP contribution >= 0.6 is 15.9 Å². The molecule has 5 heteroatoms. The van der Waals surface area contributed by atoms with Crippen molar-refractivity contribution in [2.24, 2.45) is 0 Å². The topological polar surface area (TPSA) is 32.8 Å². The standard InChI is InChI=1S/C13H17BrN2O2/c1-15-9-5-8-12(15)18-13(17)16(2)11-7-4-3-6-10(11)14/h3-4,6-7,12H,5,8-9H2,1-2H3/t12-/m0/s1. The predicted octanol–water partition coefficient (Wildman–Crippen LogP) is 3.07. The van der Waals surface area contributed by atoms with Crippen LogP contribution in [0.3, 0.4) is 0 Å². The number of halogens is 1. The maximum absolute atomic E-state index is 12.1. The second kappa shape index (κ2) is 5.71. The Bertz CT molecular complexity index is 439. The van der Waals surface area contributed by atoms with Crippen LogP contribution in [0.5, 0.6) is 0 Å². The molecule has 1 aliphatic rings. The molecule has 18 heavy (non-hydrogen) atoms. The number of nitrogens with zero attached hydrogens (tertiary/aromatic N) is 2. The van der Waals surface area contributed by atoms with Crippen molar-refractivity contribution < 1.29 is 9.53 Å². The Hall–Kier alpha value is -1.07. The largest absolute Gasteiger partial charge is 0.430 e. The lowest BCUT2D eigenvalue weighted by atomic mass is 10.3. The van der Waals surface area contributed by atoms with Crippen molar-refractivity contribution in [2.75, 3.05) is 25.5 Å². The first-order chi connectivity index (χ1) is 8.59. The molecule has 0 radical (unpaired) electrons. The lowest BCUT2D eigenvalue weighted by Gasteiger charge is -2.24. The number of benzene rings is 1. The molecule has 98 valence electrons. The normalized spacial score (nSPS) is 19.8. The number of carbonyl (C=O) groups is 1. The Balaban J connectivity index is 2.03. The fourth-order valence-electron chi connectivity index (χ4n) is 2.05. The zero-order chi connectivity index (χ0) is 13.1. The van der Waals surface area contributed by atoms with Gasteiger partial charge in [0.05, 0.1) is 5.69 Å². The van der Waals surface area contributed by atoms with Crippen molar-refractivity contribution in [1.82, 2.24) is 4.90 Å². The summed E-state index contributed by atoms with van der Waals surface area (Å²) in [6.45, 7) is 0.983. The number of hydrogen-bond acceptors (Lipinski definition) is 3. The van der Waals surface area contributed by atoms with Crippen LogP contribution in [0.15, 0.2) is 28.7 Å². The molecule has 0 unspecified atom stereocenters. The average Bonchev–Trinajstić information content (AvgIpc) is 2.75. The highest BCUT2D eigenvalue weighted by molar-refractivity contribution is 9.10. The molecule has 1 saturated heterocycles. The van der Waals surface area contributed by atoms with E-state index in [-0.39, 0.29) is 12.3 Å². The van der Waals surface area contributed by atoms with Crippen molar-refractivity contribution in [3.8, 4) is 0 Å². The summed E-state index contributed by atoms with van der Waals surface area (Å²) in [4.78, 5) is 15.6. The maximum Gasteiger partial charge on any atom is 0.415 e. The van der Waals surface area contributed by atoms with Gasteiger partial charge in [0.1, 0.15) is 0 Å². The maximum atomic E-state index is 12.1. The summed E-state index contributed by atoms with van der Waals surface area (Å²) in [5.41, 5.74) is 0.808. The summed E-state index contributed by atoms with van der Waals surface area (Å²) >= 11 is 3.43. The third-order valence-corrected chi connectivity index (χ3v) is 3.85. The molecule has 0 spiro atoms. The summed E-state index contributed by atoms with van der Waals surface area (Å²) in [7, 11) is 3.70. The summed E-state index contributed by atoms with van der Waals surface area (Å²) in [5, 5.41) is 0. The van der Waals surface area contributed by atoms with Gasteiger partial charge in [-0.3, -0.25) is 9.80 Å². The first-order valence-corrected chi connectivity index (χ1v) is 6.78. The van der Waals surface area contributed by atoms with E-state index < -0.39 is 0 Å². The smallest absolute Gasteiger partial charge is 0.415 e. The Kier molecular flexibility index (Phi) is 4.24. The Morgan fingerprint density at radius 3 is 2.83 bits per heavy atom. The van der Waals surface area contributed by atoms with Crippen LogP contribution in [0.4, 0.5) is 10.5 Å². The van der Waals surface area contributed by atoms with Crippen LogP contribution in [0.25, 0.3) is 0 Å². The highest BCUT2D eigenvalue weighted by Crippen LogP contribution is 2.26. The van der Waals surface area contributed by atoms with Gasteiger partial charge in [-0.1, -0.05) is 12.1 Å². The first-order valence-electron chi connectivity index (χ1n) is 5.98. The lowest BCUT2D eigenvalue weighted by Crippen LogP contribution is -2.36. The van der Waals surface area contributed by atoms with Crippen molar-refractivity contribution in [3.05, 3.63) is 28.7 Å². The van der Waals surface area contributed by atoms with E-state index in [2.05, 4.69) is 20.8 Å². The molecule has 1 amide bonds. The second-order valence-corrected chi connectivity index (χ2v) is 5.33. The van der Waals surface area contributed by atoms with E-state index in [1.807, 2.05) is 31.3 Å². The molecule has 4 nitrogen and oxygen atoms in total. The minimum atomic E-state index is -0.319. The Labute approximate surface area is 116 Å². The zero-order valence-corrected chi connectivity index (χ0v) is 12.2. The third kappa shape index (κ3) is 2.84. The van der Waals surface area contributed by atoms with E-state index in [1.54, 1.807) is 7.05 Å². The van der Waals surface area contributed by atoms with E-state index in [1.165, 1.54) is 4.90 Å². The van der Waals surface area contributed by atoms with Crippen LogP contribution in [-0.4, -0.2) is 37.9 Å². The SMILES string of the molecule is CN(C(=O)O[C@H]1CCCN1C)c1ccccc1Br. The van der Waals surface area contributed by atoms with Gasteiger partial charge in [-0.15, -0.1) is 0 Å². The van der Waals surface area contributed by atoms with E-state index in [4.69, 9.17) is 4.74 Å². The molecule has 2 rings (SSSR count). The number of ether oxygens (including phenoxy) is 1. The fraction of sp³-hybridized carbons (Fsp3) is 0.462. The van der Waals surface area contributed by atoms with Gasteiger partial charge >= 0.3 is 6.09 Å². The van der Waals surface area contributed by atoms with Gasteiger partial charge in [0, 0.05) is 18.1 Å². The van der Waals surface area contributed by atoms with E-state index in [0.29, 0.717) is 0 Å². The van der Waals surface area contributed by atoms with Gasteiger partial charge in [0.2, 0.25) is 0 Å². The minimum absolute atomic E-state index is 0.0950. The average molecular weight is 313 g/mol. The molecule has 1 aromatic carbocycles. The van der Waals surface area contributed by atoms with E-state index >= 15 is 0 Å². The second-order valence-electron chi connectivity index (χ2n) is 4.47. The van der Waals surface area contributed by atoms with E-state index in [0.717, 1.165) is 29.5 Å². The molecular weight excluding hydrogens is 296 g/mol. The van der Waals surface area contributed by atoms with Crippen LogP contribution in [-0.2, 0) is 4.74 Å². The molecule has 0 saturated carbocycles.